The molecule has 2 aromatic carbocycles. The third-order valence-corrected chi connectivity index (χ3v) is 5.95. The number of anilines is 4. The molecule has 1 fully saturated rings. The summed E-state index contributed by atoms with van der Waals surface area (Å²) >= 11 is 0. The van der Waals surface area contributed by atoms with Crippen molar-refractivity contribution in [3.63, 3.8) is 0 Å². The predicted molar refractivity (Wildman–Crippen MR) is 130 cm³/mol. The zero-order valence-electron chi connectivity index (χ0n) is 18.7. The molecule has 172 valence electrons. The van der Waals surface area contributed by atoms with Gasteiger partial charge in [0.1, 0.15) is 17.5 Å². The minimum absolute atomic E-state index is 0.126. The lowest BCUT2D eigenvalue weighted by atomic mass is 10.0. The molecule has 0 spiro atoms. The van der Waals surface area contributed by atoms with E-state index in [0.717, 1.165) is 24.9 Å². The van der Waals surface area contributed by atoms with Crippen LogP contribution in [0.5, 0.6) is 0 Å². The van der Waals surface area contributed by atoms with Gasteiger partial charge in [0.2, 0.25) is 11.9 Å². The molecule has 0 radical (unpaired) electrons. The van der Waals surface area contributed by atoms with Crippen LogP contribution in [0, 0.1) is 17.2 Å². The van der Waals surface area contributed by atoms with E-state index in [1.165, 1.54) is 6.20 Å². The second-order valence-corrected chi connectivity index (χ2v) is 8.16. The summed E-state index contributed by atoms with van der Waals surface area (Å²) in [6.45, 7) is 0. The van der Waals surface area contributed by atoms with E-state index >= 15 is 0 Å². The van der Waals surface area contributed by atoms with E-state index in [2.05, 4.69) is 26.7 Å². The van der Waals surface area contributed by atoms with E-state index < -0.39 is 0 Å². The monoisotopic (exact) mass is 455 g/mol. The van der Waals surface area contributed by atoms with Crippen LogP contribution >= 0.6 is 0 Å². The van der Waals surface area contributed by atoms with Crippen molar-refractivity contribution >= 4 is 35.0 Å². The molecule has 1 aliphatic carbocycles. The van der Waals surface area contributed by atoms with Crippen molar-refractivity contribution in [1.29, 1.82) is 5.26 Å². The maximum absolute atomic E-state index is 12.8. The first-order valence-electron chi connectivity index (χ1n) is 11.0. The summed E-state index contributed by atoms with van der Waals surface area (Å²) in [5.74, 6) is -0.130. The smallest absolute Gasteiger partial charge is 0.258 e. The van der Waals surface area contributed by atoms with Crippen LogP contribution < -0.4 is 21.3 Å². The highest BCUT2D eigenvalue weighted by Gasteiger charge is 2.32. The average molecular weight is 456 g/mol. The van der Waals surface area contributed by atoms with Gasteiger partial charge < -0.3 is 21.3 Å². The van der Waals surface area contributed by atoms with Crippen LogP contribution in [-0.4, -0.2) is 34.9 Å². The van der Waals surface area contributed by atoms with Crippen LogP contribution in [0.25, 0.3) is 0 Å². The number of carbonyl (C=O) groups excluding carboxylic acids is 2. The Morgan fingerprint density at radius 1 is 1.12 bits per heavy atom. The standard InChI is InChI=1S/C25H25N7O2/c1-32(19-6-3-2-4-7-19)24(34)16-10-12-18(13-11-16)29-25-28-15-17(14-26)23(31-25)30-21-9-5-8-20(21)22(27)33/h2-4,6-7,10-13,15,20-21H,5,8-9H2,1H3,(H2,27,33)(H2,28,29,30,31)/t20-,21+/m0/s1. The summed E-state index contributed by atoms with van der Waals surface area (Å²) < 4.78 is 0. The zero-order valence-corrected chi connectivity index (χ0v) is 18.7. The highest BCUT2D eigenvalue weighted by molar-refractivity contribution is 6.05. The normalized spacial score (nSPS) is 16.9. The summed E-state index contributed by atoms with van der Waals surface area (Å²) in [7, 11) is 1.73. The maximum atomic E-state index is 12.8. The number of nitrogens with one attached hydrogen (secondary N) is 2. The van der Waals surface area contributed by atoms with E-state index in [4.69, 9.17) is 5.73 Å². The van der Waals surface area contributed by atoms with Crippen molar-refractivity contribution in [3.8, 4) is 6.07 Å². The third-order valence-electron chi connectivity index (χ3n) is 5.95. The first-order chi connectivity index (χ1) is 16.5. The molecule has 9 nitrogen and oxygen atoms in total. The number of nitrogens with two attached hydrogens (primary N) is 1. The second kappa shape index (κ2) is 10.0. The number of hydrogen-bond acceptors (Lipinski definition) is 7. The van der Waals surface area contributed by atoms with E-state index in [9.17, 15) is 14.9 Å². The van der Waals surface area contributed by atoms with Crippen LogP contribution in [0.4, 0.5) is 23.1 Å². The third kappa shape index (κ3) is 4.96. The fourth-order valence-electron chi connectivity index (χ4n) is 4.07. The lowest BCUT2D eigenvalue weighted by molar-refractivity contribution is -0.121. The first-order valence-corrected chi connectivity index (χ1v) is 11.0. The topological polar surface area (TPSA) is 137 Å². The van der Waals surface area contributed by atoms with Crippen LogP contribution in [-0.2, 0) is 4.79 Å². The summed E-state index contributed by atoms with van der Waals surface area (Å²) in [6.07, 6.45) is 3.81. The molecular formula is C25H25N7O2. The van der Waals surface area contributed by atoms with Gasteiger partial charge in [0.25, 0.3) is 5.91 Å². The molecule has 1 saturated carbocycles. The van der Waals surface area contributed by atoms with Crippen molar-refractivity contribution in [2.45, 2.75) is 25.3 Å². The molecule has 1 heterocycles. The fourth-order valence-corrected chi connectivity index (χ4v) is 4.07. The Labute approximate surface area is 197 Å². The van der Waals surface area contributed by atoms with Crippen LogP contribution in [0.1, 0.15) is 35.2 Å². The van der Waals surface area contributed by atoms with Crippen molar-refractivity contribution in [3.05, 3.63) is 71.9 Å². The molecule has 0 saturated heterocycles. The van der Waals surface area contributed by atoms with Gasteiger partial charge in [-0.3, -0.25) is 9.59 Å². The van der Waals surface area contributed by atoms with Crippen LogP contribution in [0.2, 0.25) is 0 Å². The molecule has 4 rings (SSSR count). The van der Waals surface area contributed by atoms with Crippen LogP contribution in [0.3, 0.4) is 0 Å². The molecule has 4 N–H and O–H groups in total. The van der Waals surface area contributed by atoms with Crippen molar-refractivity contribution in [2.24, 2.45) is 11.7 Å². The van der Waals surface area contributed by atoms with E-state index in [-0.39, 0.29) is 35.3 Å². The largest absolute Gasteiger partial charge is 0.369 e. The Kier molecular flexibility index (Phi) is 6.69. The van der Waals surface area contributed by atoms with Gasteiger partial charge in [0.15, 0.2) is 0 Å². The van der Waals surface area contributed by atoms with Crippen molar-refractivity contribution < 1.29 is 9.59 Å². The van der Waals surface area contributed by atoms with Gasteiger partial charge in [-0.05, 0) is 49.2 Å². The minimum atomic E-state index is -0.353. The van der Waals surface area contributed by atoms with Gasteiger partial charge in [-0.2, -0.15) is 10.2 Å². The van der Waals surface area contributed by atoms with Gasteiger partial charge >= 0.3 is 0 Å². The highest BCUT2D eigenvalue weighted by Crippen LogP contribution is 2.29. The molecule has 0 unspecified atom stereocenters. The summed E-state index contributed by atoms with van der Waals surface area (Å²) in [6, 6.07) is 18.3. The van der Waals surface area contributed by atoms with E-state index in [1.807, 2.05) is 30.3 Å². The number of primary amides is 1. The Balaban J connectivity index is 1.47. The lowest BCUT2D eigenvalue weighted by Crippen LogP contribution is -2.34. The number of nitrogens with zero attached hydrogens (tertiary/aromatic N) is 4. The number of benzene rings is 2. The summed E-state index contributed by atoms with van der Waals surface area (Å²) in [5, 5.41) is 15.7. The Bertz CT molecular complexity index is 1220. The molecule has 3 aromatic rings. The number of para-hydroxylation sites is 1. The van der Waals surface area contributed by atoms with Gasteiger partial charge in [0, 0.05) is 30.0 Å². The number of rotatable bonds is 7. The summed E-state index contributed by atoms with van der Waals surface area (Å²) in [5.41, 5.74) is 7.83. The SMILES string of the molecule is CN(C(=O)c1ccc(Nc2ncc(C#N)c(N[C@@H]3CCC[C@@H]3C(N)=O)n2)cc1)c1ccccc1. The number of amides is 2. The molecular weight excluding hydrogens is 430 g/mol. The molecule has 1 aliphatic rings. The number of carbonyl (C=O) groups is 2. The highest BCUT2D eigenvalue weighted by atomic mass is 16.2. The van der Waals surface area contributed by atoms with Gasteiger partial charge in [-0.25, -0.2) is 4.98 Å². The zero-order chi connectivity index (χ0) is 24.1. The van der Waals surface area contributed by atoms with Gasteiger partial charge in [-0.15, -0.1) is 0 Å². The molecule has 1 aromatic heterocycles. The predicted octanol–water partition coefficient (Wildman–Crippen LogP) is 3.43. The van der Waals surface area contributed by atoms with Crippen LogP contribution in [0.15, 0.2) is 60.8 Å². The summed E-state index contributed by atoms with van der Waals surface area (Å²) in [4.78, 5) is 34.7. The fraction of sp³-hybridized carbons (Fsp3) is 0.240. The molecule has 34 heavy (non-hydrogen) atoms. The average Bonchev–Trinajstić information content (AvgIpc) is 3.33. The molecule has 0 bridgehead atoms. The molecule has 2 atom stereocenters. The van der Waals surface area contributed by atoms with Gasteiger partial charge in [0.05, 0.1) is 12.1 Å². The quantitative estimate of drug-likeness (QED) is 0.496. The molecule has 9 heteroatoms. The number of nitriles is 1. The number of hydrogen-bond donors (Lipinski definition) is 3. The molecule has 0 aliphatic heterocycles. The minimum Gasteiger partial charge on any atom is -0.369 e. The first kappa shape index (κ1) is 22.7. The maximum Gasteiger partial charge on any atom is 0.258 e. The Morgan fingerprint density at radius 2 is 1.85 bits per heavy atom. The van der Waals surface area contributed by atoms with Crippen molar-refractivity contribution in [2.75, 3.05) is 22.6 Å². The van der Waals surface area contributed by atoms with Crippen molar-refractivity contribution in [1.82, 2.24) is 9.97 Å². The van der Waals surface area contributed by atoms with E-state index in [1.54, 1.807) is 36.2 Å². The van der Waals surface area contributed by atoms with Gasteiger partial charge in [-0.1, -0.05) is 24.6 Å². The van der Waals surface area contributed by atoms with E-state index in [0.29, 0.717) is 17.1 Å². The molecule has 2 amide bonds. The Hall–Kier alpha value is -4.45. The second-order valence-electron chi connectivity index (χ2n) is 8.16. The number of aromatic nitrogens is 2. The Morgan fingerprint density at radius 3 is 2.53 bits per heavy atom. The lowest BCUT2D eigenvalue weighted by Gasteiger charge is -2.20.